The molecule has 1 aromatic heterocycles. The second-order valence-corrected chi connectivity index (χ2v) is 5.28. The van der Waals surface area contributed by atoms with Crippen LogP contribution in [0.25, 0.3) is 0 Å². The van der Waals surface area contributed by atoms with Crippen LogP contribution in [0, 0.1) is 0 Å². The van der Waals surface area contributed by atoms with Crippen molar-refractivity contribution in [2.24, 2.45) is 0 Å². The summed E-state index contributed by atoms with van der Waals surface area (Å²) in [6.45, 7) is 0.0446. The molecule has 0 bridgehead atoms. The Balaban J connectivity index is 1.87. The van der Waals surface area contributed by atoms with Gasteiger partial charge in [-0.25, -0.2) is 0 Å². The molecule has 0 saturated heterocycles. The highest BCUT2D eigenvalue weighted by molar-refractivity contribution is 5.95. The highest BCUT2D eigenvalue weighted by Crippen LogP contribution is 2.28. The zero-order chi connectivity index (χ0) is 16.6. The highest BCUT2D eigenvalue weighted by Gasteiger charge is 2.34. The summed E-state index contributed by atoms with van der Waals surface area (Å²) in [5, 5.41) is 0. The Morgan fingerprint density at radius 2 is 1.87 bits per heavy atom. The van der Waals surface area contributed by atoms with Gasteiger partial charge in [0.05, 0.1) is 0 Å². The molecule has 0 radical (unpaired) electrons. The third-order valence-corrected chi connectivity index (χ3v) is 3.82. The number of benzene rings is 1. The third kappa shape index (κ3) is 2.86. The minimum absolute atomic E-state index is 0.406. The molecule has 1 amide bonds. The molecule has 3 rings (SSSR count). The predicted molar refractivity (Wildman–Crippen MR) is 78.2 cm³/mol. The standard InChI is InChI=1S/C16H13F3N2O2/c17-16(18,19)12-5-3-8-20(15(12)23)10-14(22)21-9-7-11-4-1-2-6-13(11)21/h1-6,8H,7,9-10H2. The number of amides is 1. The fraction of sp³-hybridized carbons (Fsp3) is 0.250. The normalized spacial score (nSPS) is 14.0. The van der Waals surface area contributed by atoms with Gasteiger partial charge in [0.2, 0.25) is 5.91 Å². The number of alkyl halides is 3. The van der Waals surface area contributed by atoms with E-state index in [1.54, 1.807) is 12.1 Å². The Bertz CT molecular complexity index is 811. The largest absolute Gasteiger partial charge is 0.421 e. The second-order valence-electron chi connectivity index (χ2n) is 5.28. The Morgan fingerprint density at radius 3 is 2.61 bits per heavy atom. The molecule has 0 spiro atoms. The topological polar surface area (TPSA) is 42.3 Å². The first-order valence-corrected chi connectivity index (χ1v) is 7.03. The average molecular weight is 322 g/mol. The van der Waals surface area contributed by atoms with Gasteiger partial charge >= 0.3 is 6.18 Å². The summed E-state index contributed by atoms with van der Waals surface area (Å²) in [5.41, 5.74) is -0.717. The average Bonchev–Trinajstić information content (AvgIpc) is 2.92. The smallest absolute Gasteiger partial charge is 0.310 e. The van der Waals surface area contributed by atoms with E-state index in [4.69, 9.17) is 0 Å². The fourth-order valence-electron chi connectivity index (χ4n) is 2.71. The van der Waals surface area contributed by atoms with Crippen LogP contribution in [0.3, 0.4) is 0 Å². The molecule has 0 saturated carbocycles. The zero-order valence-electron chi connectivity index (χ0n) is 12.0. The molecule has 2 aromatic rings. The molecule has 0 atom stereocenters. The van der Waals surface area contributed by atoms with Crippen LogP contribution in [0.2, 0.25) is 0 Å². The van der Waals surface area contributed by atoms with Crippen LogP contribution in [0.5, 0.6) is 0 Å². The highest BCUT2D eigenvalue weighted by atomic mass is 19.4. The van der Waals surface area contributed by atoms with Gasteiger partial charge in [-0.05, 0) is 30.2 Å². The van der Waals surface area contributed by atoms with E-state index in [1.165, 1.54) is 11.1 Å². The van der Waals surface area contributed by atoms with Crippen LogP contribution < -0.4 is 10.5 Å². The Kier molecular flexibility index (Phi) is 3.71. The summed E-state index contributed by atoms with van der Waals surface area (Å²) >= 11 is 0. The molecule has 4 nitrogen and oxygen atoms in total. The van der Waals surface area contributed by atoms with Gasteiger partial charge in [0.1, 0.15) is 12.1 Å². The molecule has 1 aliphatic heterocycles. The first-order valence-electron chi connectivity index (χ1n) is 7.03. The Morgan fingerprint density at radius 1 is 1.13 bits per heavy atom. The van der Waals surface area contributed by atoms with Crippen LogP contribution >= 0.6 is 0 Å². The van der Waals surface area contributed by atoms with Crippen LogP contribution in [-0.4, -0.2) is 17.0 Å². The maximum absolute atomic E-state index is 12.8. The van der Waals surface area contributed by atoms with E-state index >= 15 is 0 Å². The van der Waals surface area contributed by atoms with Gasteiger partial charge in [-0.1, -0.05) is 18.2 Å². The minimum atomic E-state index is -4.73. The number of para-hydroxylation sites is 1. The van der Waals surface area contributed by atoms with Crippen molar-refractivity contribution in [2.75, 3.05) is 11.4 Å². The van der Waals surface area contributed by atoms with Crippen molar-refractivity contribution in [1.29, 1.82) is 0 Å². The number of pyridine rings is 1. The number of nitrogens with zero attached hydrogens (tertiary/aromatic N) is 2. The fourth-order valence-corrected chi connectivity index (χ4v) is 2.71. The third-order valence-electron chi connectivity index (χ3n) is 3.82. The van der Waals surface area contributed by atoms with Crippen molar-refractivity contribution >= 4 is 11.6 Å². The molecular formula is C16H13F3N2O2. The first kappa shape index (κ1) is 15.3. The minimum Gasteiger partial charge on any atom is -0.310 e. The Hall–Kier alpha value is -2.57. The van der Waals surface area contributed by atoms with E-state index in [9.17, 15) is 22.8 Å². The van der Waals surface area contributed by atoms with Gasteiger partial charge in [0, 0.05) is 18.4 Å². The molecule has 23 heavy (non-hydrogen) atoms. The van der Waals surface area contributed by atoms with Gasteiger partial charge in [0.15, 0.2) is 0 Å². The van der Waals surface area contributed by atoms with E-state index in [-0.39, 0.29) is 0 Å². The lowest BCUT2D eigenvalue weighted by Gasteiger charge is -2.18. The summed E-state index contributed by atoms with van der Waals surface area (Å²) in [6, 6.07) is 9.18. The monoisotopic (exact) mass is 322 g/mol. The van der Waals surface area contributed by atoms with Crippen molar-refractivity contribution < 1.29 is 18.0 Å². The van der Waals surface area contributed by atoms with E-state index in [0.29, 0.717) is 19.0 Å². The summed E-state index contributed by atoms with van der Waals surface area (Å²) in [7, 11) is 0. The number of halogens is 3. The number of fused-ring (bicyclic) bond motifs is 1. The lowest BCUT2D eigenvalue weighted by Crippen LogP contribution is -2.37. The van der Waals surface area contributed by atoms with Gasteiger partial charge < -0.3 is 9.47 Å². The first-order chi connectivity index (χ1) is 10.9. The van der Waals surface area contributed by atoms with E-state index < -0.39 is 29.8 Å². The summed E-state index contributed by atoms with van der Waals surface area (Å²) in [6.07, 6.45) is -2.85. The molecule has 0 fully saturated rings. The number of carbonyl (C=O) groups excluding carboxylic acids is 1. The summed E-state index contributed by atoms with van der Waals surface area (Å²) in [5.74, 6) is -0.406. The van der Waals surface area contributed by atoms with Crippen LogP contribution in [-0.2, 0) is 23.9 Å². The van der Waals surface area contributed by atoms with Crippen molar-refractivity contribution in [2.45, 2.75) is 19.1 Å². The molecule has 7 heteroatoms. The van der Waals surface area contributed by atoms with Crippen molar-refractivity contribution in [3.63, 3.8) is 0 Å². The molecule has 0 aliphatic carbocycles. The molecule has 1 aliphatic rings. The quantitative estimate of drug-likeness (QED) is 0.852. The molecule has 0 N–H and O–H groups in total. The summed E-state index contributed by atoms with van der Waals surface area (Å²) < 4.78 is 39.1. The second kappa shape index (κ2) is 5.57. The maximum atomic E-state index is 12.8. The van der Waals surface area contributed by atoms with Gasteiger partial charge in [-0.2, -0.15) is 13.2 Å². The number of carbonyl (C=O) groups is 1. The van der Waals surface area contributed by atoms with Crippen molar-refractivity contribution in [3.8, 4) is 0 Å². The van der Waals surface area contributed by atoms with E-state index in [0.717, 1.165) is 21.9 Å². The zero-order valence-corrected chi connectivity index (χ0v) is 12.0. The molecular weight excluding hydrogens is 309 g/mol. The van der Waals surface area contributed by atoms with Crippen molar-refractivity contribution in [1.82, 2.24) is 4.57 Å². The van der Waals surface area contributed by atoms with Gasteiger partial charge in [-0.15, -0.1) is 0 Å². The number of hydrogen-bond acceptors (Lipinski definition) is 2. The van der Waals surface area contributed by atoms with Gasteiger partial charge in [0.25, 0.3) is 5.56 Å². The van der Waals surface area contributed by atoms with Gasteiger partial charge in [-0.3, -0.25) is 9.59 Å². The molecule has 120 valence electrons. The predicted octanol–water partition coefficient (Wildman–Crippen LogP) is 2.46. The van der Waals surface area contributed by atoms with E-state index in [1.807, 2.05) is 12.1 Å². The molecule has 0 unspecified atom stereocenters. The SMILES string of the molecule is O=C(Cn1cccc(C(F)(F)F)c1=O)N1CCc2ccccc21. The number of aromatic nitrogens is 1. The van der Waals surface area contributed by atoms with Crippen LogP contribution in [0.4, 0.5) is 18.9 Å². The Labute approximate surface area is 129 Å². The lowest BCUT2D eigenvalue weighted by molar-refractivity contribution is -0.139. The lowest BCUT2D eigenvalue weighted by atomic mass is 10.2. The molecule has 1 aromatic carbocycles. The summed E-state index contributed by atoms with van der Waals surface area (Å²) in [4.78, 5) is 25.8. The number of rotatable bonds is 2. The molecule has 2 heterocycles. The number of anilines is 1. The van der Waals surface area contributed by atoms with Crippen molar-refractivity contribution in [3.05, 3.63) is 64.1 Å². The van der Waals surface area contributed by atoms with Crippen LogP contribution in [0.15, 0.2) is 47.4 Å². The van der Waals surface area contributed by atoms with Crippen LogP contribution in [0.1, 0.15) is 11.1 Å². The van der Waals surface area contributed by atoms with E-state index in [2.05, 4.69) is 0 Å². The maximum Gasteiger partial charge on any atom is 0.421 e. The number of hydrogen-bond donors (Lipinski definition) is 0.